The van der Waals surface area contributed by atoms with E-state index in [4.69, 9.17) is 4.42 Å². The average molecular weight is 383 g/mol. The van der Waals surface area contributed by atoms with Crippen LogP contribution in [0.4, 0.5) is 11.4 Å². The zero-order valence-electron chi connectivity index (χ0n) is 15.9. The van der Waals surface area contributed by atoms with Crippen LogP contribution in [0.15, 0.2) is 47.1 Å². The van der Waals surface area contributed by atoms with E-state index in [2.05, 4.69) is 16.0 Å². The van der Waals surface area contributed by atoms with Gasteiger partial charge in [-0.05, 0) is 56.0 Å². The lowest BCUT2D eigenvalue weighted by Gasteiger charge is -2.27. The maximum absolute atomic E-state index is 12.5. The highest BCUT2D eigenvalue weighted by Gasteiger charge is 2.30. The maximum Gasteiger partial charge on any atom is 0.227 e. The molecule has 3 rings (SSSR count). The second-order valence-electron chi connectivity index (χ2n) is 7.10. The Morgan fingerprint density at radius 3 is 2.18 bits per heavy atom. The number of hydrogen-bond acceptors (Lipinski definition) is 4. The van der Waals surface area contributed by atoms with Crippen molar-refractivity contribution in [1.82, 2.24) is 5.32 Å². The number of carbonyl (C=O) groups excluding carboxylic acids is 3. The van der Waals surface area contributed by atoms with Gasteiger partial charge in [0, 0.05) is 30.1 Å². The summed E-state index contributed by atoms with van der Waals surface area (Å²) in [5, 5.41) is 8.50. The summed E-state index contributed by atoms with van der Waals surface area (Å²) in [7, 11) is 0. The number of carbonyl (C=O) groups is 3. The van der Waals surface area contributed by atoms with E-state index in [1.54, 1.807) is 36.6 Å². The predicted molar refractivity (Wildman–Crippen MR) is 105 cm³/mol. The maximum atomic E-state index is 12.5. The van der Waals surface area contributed by atoms with Gasteiger partial charge in [-0.2, -0.15) is 0 Å². The SMILES string of the molecule is CC(=O)Nc1cccc(NC(=O)C2CCC(C(=O)NCc3ccco3)CC2)c1. The van der Waals surface area contributed by atoms with Crippen molar-refractivity contribution in [3.05, 3.63) is 48.4 Å². The monoisotopic (exact) mass is 383 g/mol. The minimum atomic E-state index is -0.160. The molecule has 148 valence electrons. The summed E-state index contributed by atoms with van der Waals surface area (Å²) in [6.07, 6.45) is 4.31. The number of anilines is 2. The normalized spacial score (nSPS) is 18.9. The topological polar surface area (TPSA) is 100 Å². The fraction of sp³-hybridized carbons (Fsp3) is 0.381. The summed E-state index contributed by atoms with van der Waals surface area (Å²) in [6, 6.07) is 10.7. The molecular formula is C21H25N3O4. The molecule has 0 bridgehead atoms. The average Bonchev–Trinajstić information content (AvgIpc) is 3.19. The lowest BCUT2D eigenvalue weighted by atomic mass is 9.81. The lowest BCUT2D eigenvalue weighted by Crippen LogP contribution is -2.35. The zero-order chi connectivity index (χ0) is 19.9. The van der Waals surface area contributed by atoms with E-state index in [0.717, 1.165) is 5.76 Å². The van der Waals surface area contributed by atoms with E-state index in [9.17, 15) is 14.4 Å². The first-order chi connectivity index (χ1) is 13.5. The van der Waals surface area contributed by atoms with Crippen molar-refractivity contribution in [2.24, 2.45) is 11.8 Å². The van der Waals surface area contributed by atoms with E-state index in [0.29, 0.717) is 43.6 Å². The second kappa shape index (κ2) is 9.21. The smallest absolute Gasteiger partial charge is 0.227 e. The third-order valence-electron chi connectivity index (χ3n) is 4.94. The molecule has 28 heavy (non-hydrogen) atoms. The van der Waals surface area contributed by atoms with Crippen LogP contribution in [0.25, 0.3) is 0 Å². The fourth-order valence-electron chi connectivity index (χ4n) is 3.47. The molecule has 1 heterocycles. The van der Waals surface area contributed by atoms with Crippen LogP contribution in [-0.2, 0) is 20.9 Å². The molecule has 0 atom stereocenters. The molecule has 1 aliphatic rings. The molecule has 0 aliphatic heterocycles. The van der Waals surface area contributed by atoms with Crippen LogP contribution in [-0.4, -0.2) is 17.7 Å². The van der Waals surface area contributed by atoms with Gasteiger partial charge >= 0.3 is 0 Å². The molecule has 7 nitrogen and oxygen atoms in total. The number of hydrogen-bond donors (Lipinski definition) is 3. The first-order valence-electron chi connectivity index (χ1n) is 9.50. The van der Waals surface area contributed by atoms with Gasteiger partial charge in [-0.1, -0.05) is 6.07 Å². The van der Waals surface area contributed by atoms with E-state index >= 15 is 0 Å². The summed E-state index contributed by atoms with van der Waals surface area (Å²) in [5.74, 6) is 0.350. The summed E-state index contributed by atoms with van der Waals surface area (Å²) in [6.45, 7) is 1.82. The minimum absolute atomic E-state index is 0.0123. The Morgan fingerprint density at radius 1 is 0.929 bits per heavy atom. The number of nitrogens with one attached hydrogen (secondary N) is 3. The molecule has 0 unspecified atom stereocenters. The molecule has 7 heteroatoms. The molecule has 3 N–H and O–H groups in total. The van der Waals surface area contributed by atoms with Crippen molar-refractivity contribution >= 4 is 29.1 Å². The van der Waals surface area contributed by atoms with Crippen molar-refractivity contribution in [3.63, 3.8) is 0 Å². The number of furan rings is 1. The van der Waals surface area contributed by atoms with Crippen LogP contribution in [0.2, 0.25) is 0 Å². The highest BCUT2D eigenvalue weighted by molar-refractivity contribution is 5.94. The van der Waals surface area contributed by atoms with Crippen molar-refractivity contribution in [2.45, 2.75) is 39.2 Å². The van der Waals surface area contributed by atoms with Crippen LogP contribution >= 0.6 is 0 Å². The van der Waals surface area contributed by atoms with Crippen LogP contribution in [0.3, 0.4) is 0 Å². The van der Waals surface area contributed by atoms with Gasteiger partial charge in [-0.3, -0.25) is 14.4 Å². The zero-order valence-corrected chi connectivity index (χ0v) is 15.9. The third-order valence-corrected chi connectivity index (χ3v) is 4.94. The van der Waals surface area contributed by atoms with Gasteiger partial charge in [0.25, 0.3) is 0 Å². The minimum Gasteiger partial charge on any atom is -0.467 e. The van der Waals surface area contributed by atoms with Crippen molar-refractivity contribution in [2.75, 3.05) is 10.6 Å². The molecule has 0 saturated heterocycles. The molecule has 1 aromatic heterocycles. The predicted octanol–water partition coefficient (Wildman–Crippen LogP) is 3.30. The second-order valence-corrected chi connectivity index (χ2v) is 7.10. The quantitative estimate of drug-likeness (QED) is 0.712. The Balaban J connectivity index is 1.45. The molecule has 1 aliphatic carbocycles. The fourth-order valence-corrected chi connectivity index (χ4v) is 3.47. The Hall–Kier alpha value is -3.09. The number of amides is 3. The summed E-state index contributed by atoms with van der Waals surface area (Å²) < 4.78 is 5.22. The molecular weight excluding hydrogens is 358 g/mol. The molecule has 1 saturated carbocycles. The van der Waals surface area contributed by atoms with Gasteiger partial charge in [-0.15, -0.1) is 0 Å². The van der Waals surface area contributed by atoms with Crippen LogP contribution in [0.5, 0.6) is 0 Å². The first kappa shape index (κ1) is 19.7. The molecule has 1 fully saturated rings. The van der Waals surface area contributed by atoms with E-state index in [1.807, 2.05) is 6.07 Å². The van der Waals surface area contributed by atoms with Gasteiger partial charge < -0.3 is 20.4 Å². The van der Waals surface area contributed by atoms with E-state index in [1.165, 1.54) is 6.92 Å². The molecule has 0 spiro atoms. The summed E-state index contributed by atoms with van der Waals surface area (Å²) >= 11 is 0. The largest absolute Gasteiger partial charge is 0.467 e. The van der Waals surface area contributed by atoms with E-state index < -0.39 is 0 Å². The highest BCUT2D eigenvalue weighted by Crippen LogP contribution is 2.30. The first-order valence-corrected chi connectivity index (χ1v) is 9.50. The standard InChI is InChI=1S/C21H25N3O4/c1-14(25)23-17-4-2-5-18(12-17)24-21(27)16-9-7-15(8-10-16)20(26)22-13-19-6-3-11-28-19/h2-6,11-12,15-16H,7-10,13H2,1H3,(H,22,26)(H,23,25)(H,24,27). The number of benzene rings is 1. The number of rotatable bonds is 6. The van der Waals surface area contributed by atoms with Gasteiger partial charge in [0.05, 0.1) is 12.8 Å². The van der Waals surface area contributed by atoms with Crippen LogP contribution in [0.1, 0.15) is 38.4 Å². The van der Waals surface area contributed by atoms with Gasteiger partial charge in [-0.25, -0.2) is 0 Å². The van der Waals surface area contributed by atoms with Crippen molar-refractivity contribution in [3.8, 4) is 0 Å². The van der Waals surface area contributed by atoms with Crippen LogP contribution < -0.4 is 16.0 Å². The molecule has 2 aromatic rings. The third kappa shape index (κ3) is 5.45. The summed E-state index contributed by atoms with van der Waals surface area (Å²) in [5.41, 5.74) is 1.29. The Morgan fingerprint density at radius 2 is 1.57 bits per heavy atom. The molecule has 0 radical (unpaired) electrons. The Bertz CT molecular complexity index is 824. The Kier molecular flexibility index (Phi) is 6.47. The lowest BCUT2D eigenvalue weighted by molar-refractivity contribution is -0.128. The molecule has 3 amide bonds. The summed E-state index contributed by atoms with van der Waals surface area (Å²) in [4.78, 5) is 36.0. The van der Waals surface area contributed by atoms with Gasteiger partial charge in [0.1, 0.15) is 5.76 Å². The van der Waals surface area contributed by atoms with Crippen molar-refractivity contribution in [1.29, 1.82) is 0 Å². The molecule has 1 aromatic carbocycles. The van der Waals surface area contributed by atoms with Crippen LogP contribution in [0, 0.1) is 11.8 Å². The Labute approximate surface area is 163 Å². The van der Waals surface area contributed by atoms with Gasteiger partial charge in [0.2, 0.25) is 17.7 Å². The van der Waals surface area contributed by atoms with E-state index in [-0.39, 0.29) is 29.6 Å². The van der Waals surface area contributed by atoms with Gasteiger partial charge in [0.15, 0.2) is 0 Å². The van der Waals surface area contributed by atoms with Crippen molar-refractivity contribution < 1.29 is 18.8 Å². The highest BCUT2D eigenvalue weighted by atomic mass is 16.3.